The Morgan fingerprint density at radius 2 is 2.54 bits per heavy atom. The molecule has 0 aliphatic carbocycles. The number of ether oxygens (including phenoxy) is 1. The fraction of sp³-hybridized carbons (Fsp3) is 0.667. The van der Waals surface area contributed by atoms with Gasteiger partial charge in [0, 0.05) is 24.2 Å². The lowest BCUT2D eigenvalue weighted by Gasteiger charge is -2.13. The number of aromatic nitrogens is 1. The van der Waals surface area contributed by atoms with Crippen LogP contribution in [0.3, 0.4) is 0 Å². The summed E-state index contributed by atoms with van der Waals surface area (Å²) in [6.45, 7) is 0.773. The highest BCUT2D eigenvalue weighted by molar-refractivity contribution is 7.09. The summed E-state index contributed by atoms with van der Waals surface area (Å²) in [7, 11) is 3.70. The summed E-state index contributed by atoms with van der Waals surface area (Å²) in [5.74, 6) is 0. The minimum Gasteiger partial charge on any atom is -0.383 e. The summed E-state index contributed by atoms with van der Waals surface area (Å²) in [5, 5.41) is 3.22. The first-order valence-electron chi connectivity index (χ1n) is 4.40. The van der Waals surface area contributed by atoms with Crippen LogP contribution >= 0.6 is 11.3 Å². The first kappa shape index (κ1) is 10.6. The second kappa shape index (κ2) is 6.07. The maximum absolute atomic E-state index is 5.09. The molecular weight excluding hydrogens is 184 g/mol. The Morgan fingerprint density at radius 3 is 3.08 bits per heavy atom. The van der Waals surface area contributed by atoms with Crippen LogP contribution in [-0.4, -0.2) is 31.8 Å². The van der Waals surface area contributed by atoms with E-state index in [1.54, 1.807) is 18.4 Å². The Labute approximate surface area is 83.1 Å². The summed E-state index contributed by atoms with van der Waals surface area (Å²) < 4.78 is 5.09. The molecule has 13 heavy (non-hydrogen) atoms. The van der Waals surface area contributed by atoms with Gasteiger partial charge < -0.3 is 10.1 Å². The molecule has 1 aromatic heterocycles. The Morgan fingerprint density at radius 1 is 1.69 bits per heavy atom. The zero-order chi connectivity index (χ0) is 9.52. The lowest BCUT2D eigenvalue weighted by Crippen LogP contribution is -2.30. The van der Waals surface area contributed by atoms with Crippen molar-refractivity contribution in [3.05, 3.63) is 16.6 Å². The van der Waals surface area contributed by atoms with Gasteiger partial charge in [-0.05, 0) is 19.9 Å². The molecule has 1 N–H and O–H groups in total. The average molecular weight is 200 g/mol. The van der Waals surface area contributed by atoms with Gasteiger partial charge in [0.15, 0.2) is 0 Å². The number of hydrogen-bond acceptors (Lipinski definition) is 4. The summed E-state index contributed by atoms with van der Waals surface area (Å²) >= 11 is 1.71. The van der Waals surface area contributed by atoms with E-state index in [1.807, 2.05) is 18.8 Å². The van der Waals surface area contributed by atoms with E-state index in [4.69, 9.17) is 4.74 Å². The fourth-order valence-corrected chi connectivity index (χ4v) is 1.81. The molecule has 0 bridgehead atoms. The average Bonchev–Trinajstić information content (AvgIpc) is 2.64. The molecule has 0 aromatic carbocycles. The zero-order valence-electron chi connectivity index (χ0n) is 8.12. The van der Waals surface area contributed by atoms with Crippen molar-refractivity contribution in [3.63, 3.8) is 0 Å². The molecule has 1 heterocycles. The van der Waals surface area contributed by atoms with Gasteiger partial charge in [-0.15, -0.1) is 11.3 Å². The van der Waals surface area contributed by atoms with Crippen molar-refractivity contribution >= 4 is 11.3 Å². The topological polar surface area (TPSA) is 34.2 Å². The van der Waals surface area contributed by atoms with Gasteiger partial charge in [0.2, 0.25) is 0 Å². The molecule has 0 amide bonds. The van der Waals surface area contributed by atoms with Crippen molar-refractivity contribution in [1.29, 1.82) is 0 Å². The minimum absolute atomic E-state index is 0.451. The van der Waals surface area contributed by atoms with Crippen molar-refractivity contribution in [1.82, 2.24) is 10.3 Å². The third-order valence-corrected chi connectivity index (χ3v) is 2.84. The standard InChI is InChI=1S/C9H16N2OS/c1-10-8(6-12-2)3-4-9-5-11-7-13-9/h5,7-8,10H,3-4,6H2,1-2H3. The van der Waals surface area contributed by atoms with E-state index in [0.717, 1.165) is 19.4 Å². The van der Waals surface area contributed by atoms with Gasteiger partial charge in [0.05, 0.1) is 12.1 Å². The van der Waals surface area contributed by atoms with Crippen LogP contribution < -0.4 is 5.32 Å². The smallest absolute Gasteiger partial charge is 0.0794 e. The summed E-state index contributed by atoms with van der Waals surface area (Å²) in [6, 6.07) is 0.451. The predicted octanol–water partition coefficient (Wildman–Crippen LogP) is 1.31. The van der Waals surface area contributed by atoms with Crippen LogP contribution in [-0.2, 0) is 11.2 Å². The quantitative estimate of drug-likeness (QED) is 0.752. The van der Waals surface area contributed by atoms with Crippen molar-refractivity contribution in [2.24, 2.45) is 0 Å². The van der Waals surface area contributed by atoms with Crippen LogP contribution in [0.15, 0.2) is 11.7 Å². The van der Waals surface area contributed by atoms with E-state index in [0.29, 0.717) is 6.04 Å². The van der Waals surface area contributed by atoms with Crippen LogP contribution in [0.25, 0.3) is 0 Å². The van der Waals surface area contributed by atoms with Crippen molar-refractivity contribution in [2.75, 3.05) is 20.8 Å². The van der Waals surface area contributed by atoms with E-state index in [-0.39, 0.29) is 0 Å². The van der Waals surface area contributed by atoms with E-state index < -0.39 is 0 Å². The van der Waals surface area contributed by atoms with Crippen LogP contribution in [0.2, 0.25) is 0 Å². The van der Waals surface area contributed by atoms with Crippen molar-refractivity contribution < 1.29 is 4.74 Å². The number of hydrogen-bond donors (Lipinski definition) is 1. The molecule has 1 unspecified atom stereocenters. The Balaban J connectivity index is 2.23. The molecule has 4 heteroatoms. The molecule has 1 atom stereocenters. The van der Waals surface area contributed by atoms with E-state index in [2.05, 4.69) is 10.3 Å². The van der Waals surface area contributed by atoms with Crippen LogP contribution in [0.1, 0.15) is 11.3 Å². The molecule has 0 radical (unpaired) electrons. The number of likely N-dealkylation sites (N-methyl/N-ethyl adjacent to an activating group) is 1. The molecule has 1 rings (SSSR count). The molecule has 0 saturated heterocycles. The third-order valence-electron chi connectivity index (χ3n) is 2.00. The molecule has 0 fully saturated rings. The molecule has 0 aliphatic heterocycles. The largest absolute Gasteiger partial charge is 0.383 e. The second-order valence-corrected chi connectivity index (χ2v) is 3.92. The van der Waals surface area contributed by atoms with Crippen molar-refractivity contribution in [2.45, 2.75) is 18.9 Å². The predicted molar refractivity (Wildman–Crippen MR) is 55.2 cm³/mol. The Kier molecular flexibility index (Phi) is 4.97. The van der Waals surface area contributed by atoms with Gasteiger partial charge >= 0.3 is 0 Å². The first-order valence-corrected chi connectivity index (χ1v) is 5.28. The number of nitrogens with zero attached hydrogens (tertiary/aromatic N) is 1. The Hall–Kier alpha value is -0.450. The van der Waals surface area contributed by atoms with Gasteiger partial charge in [-0.2, -0.15) is 0 Å². The highest BCUT2D eigenvalue weighted by Gasteiger charge is 2.05. The number of nitrogens with one attached hydrogen (secondary N) is 1. The number of thiazole rings is 1. The maximum Gasteiger partial charge on any atom is 0.0794 e. The molecular formula is C9H16N2OS. The van der Waals surface area contributed by atoms with Gasteiger partial charge in [-0.3, -0.25) is 4.98 Å². The Bertz CT molecular complexity index is 213. The number of methoxy groups -OCH3 is 1. The maximum atomic E-state index is 5.09. The molecule has 0 saturated carbocycles. The molecule has 3 nitrogen and oxygen atoms in total. The minimum atomic E-state index is 0.451. The molecule has 74 valence electrons. The lowest BCUT2D eigenvalue weighted by molar-refractivity contribution is 0.166. The van der Waals surface area contributed by atoms with Crippen LogP contribution in [0.4, 0.5) is 0 Å². The SMILES string of the molecule is CNC(CCc1cncs1)COC. The van der Waals surface area contributed by atoms with Gasteiger partial charge in [-0.25, -0.2) is 0 Å². The van der Waals surface area contributed by atoms with Crippen LogP contribution in [0, 0.1) is 0 Å². The normalized spacial score (nSPS) is 13.1. The van der Waals surface area contributed by atoms with Gasteiger partial charge in [-0.1, -0.05) is 0 Å². The lowest BCUT2D eigenvalue weighted by atomic mass is 10.1. The summed E-state index contributed by atoms with van der Waals surface area (Å²) in [6.07, 6.45) is 4.12. The van der Waals surface area contributed by atoms with E-state index in [1.165, 1.54) is 4.88 Å². The monoisotopic (exact) mass is 200 g/mol. The van der Waals surface area contributed by atoms with E-state index >= 15 is 0 Å². The highest BCUT2D eigenvalue weighted by Crippen LogP contribution is 2.09. The molecule has 1 aromatic rings. The first-order chi connectivity index (χ1) is 6.36. The number of aryl methyl sites for hydroxylation is 1. The zero-order valence-corrected chi connectivity index (χ0v) is 8.93. The molecule has 0 aliphatic rings. The van der Waals surface area contributed by atoms with Crippen molar-refractivity contribution in [3.8, 4) is 0 Å². The summed E-state index contributed by atoms with van der Waals surface area (Å²) in [4.78, 5) is 5.38. The fourth-order valence-electron chi connectivity index (χ4n) is 1.19. The highest BCUT2D eigenvalue weighted by atomic mass is 32.1. The number of rotatable bonds is 6. The van der Waals surface area contributed by atoms with Gasteiger partial charge in [0.25, 0.3) is 0 Å². The third kappa shape index (κ3) is 3.85. The summed E-state index contributed by atoms with van der Waals surface area (Å²) in [5.41, 5.74) is 1.88. The molecule has 0 spiro atoms. The van der Waals surface area contributed by atoms with Crippen LogP contribution in [0.5, 0.6) is 0 Å². The van der Waals surface area contributed by atoms with E-state index in [9.17, 15) is 0 Å². The van der Waals surface area contributed by atoms with Gasteiger partial charge in [0.1, 0.15) is 0 Å². The second-order valence-electron chi connectivity index (χ2n) is 2.95.